The maximum atomic E-state index is 14.0. The maximum Gasteiger partial charge on any atom is 0.246 e. The summed E-state index contributed by atoms with van der Waals surface area (Å²) < 4.78 is 5.03. The lowest BCUT2D eigenvalue weighted by Crippen LogP contribution is -2.59. The van der Waals surface area contributed by atoms with E-state index in [1.165, 1.54) is 4.90 Å². The topological polar surface area (TPSA) is 164 Å². The van der Waals surface area contributed by atoms with E-state index < -0.39 is 41.5 Å². The van der Waals surface area contributed by atoms with Crippen molar-refractivity contribution in [1.29, 1.82) is 0 Å². The summed E-state index contributed by atoms with van der Waals surface area (Å²) in [6.07, 6.45) is 0.578. The van der Waals surface area contributed by atoms with Crippen molar-refractivity contribution in [2.24, 2.45) is 17.1 Å². The molecule has 1 fully saturated rings. The standard InChI is InChI=1S/C32H40N6O5/c1-18-35-28(37-43-18)21-11-9-19(10-12-21)16-34-30(41)25-15-22(39)17-38(25)31(42)27(32(2,3)4)36-29(40)24-14-13-20-7-5-6-8-23(20)26(24)33/h5-12,22,24-27,39H,13-17,33H2,1-4H3,(H,34,41)(H,36,40)/t22-,24-,25+,26+,27-/m1/s1. The van der Waals surface area contributed by atoms with Crippen molar-refractivity contribution in [2.45, 2.75) is 77.7 Å². The van der Waals surface area contributed by atoms with E-state index in [4.69, 9.17) is 10.3 Å². The van der Waals surface area contributed by atoms with Gasteiger partial charge in [-0.2, -0.15) is 4.98 Å². The van der Waals surface area contributed by atoms with Gasteiger partial charge in [0.25, 0.3) is 0 Å². The van der Waals surface area contributed by atoms with Crippen molar-refractivity contribution >= 4 is 17.7 Å². The van der Waals surface area contributed by atoms with Gasteiger partial charge >= 0.3 is 0 Å². The van der Waals surface area contributed by atoms with Crippen LogP contribution in [0.2, 0.25) is 0 Å². The molecule has 1 aromatic heterocycles. The number of nitrogens with zero attached hydrogens (tertiary/aromatic N) is 3. The molecule has 11 heteroatoms. The number of aromatic nitrogens is 2. The third kappa shape index (κ3) is 6.62. The normalized spacial score (nSPS) is 22.5. The van der Waals surface area contributed by atoms with Crippen LogP contribution in [0.15, 0.2) is 53.1 Å². The van der Waals surface area contributed by atoms with E-state index in [0.29, 0.717) is 18.1 Å². The molecule has 0 bridgehead atoms. The zero-order valence-electron chi connectivity index (χ0n) is 25.0. The summed E-state index contributed by atoms with van der Waals surface area (Å²) in [6, 6.07) is 13.0. The number of aliphatic hydroxyl groups is 1. The fourth-order valence-corrected chi connectivity index (χ4v) is 5.95. The molecule has 2 heterocycles. The van der Waals surface area contributed by atoms with Gasteiger partial charge in [0, 0.05) is 38.0 Å². The summed E-state index contributed by atoms with van der Waals surface area (Å²) in [6.45, 7) is 7.57. The van der Waals surface area contributed by atoms with Crippen LogP contribution in [0.1, 0.15) is 62.2 Å². The van der Waals surface area contributed by atoms with E-state index in [-0.39, 0.29) is 31.3 Å². The summed E-state index contributed by atoms with van der Waals surface area (Å²) in [5.74, 6) is -0.574. The van der Waals surface area contributed by atoms with E-state index in [9.17, 15) is 19.5 Å². The van der Waals surface area contributed by atoms with Crippen LogP contribution in [-0.2, 0) is 27.3 Å². The molecule has 1 saturated heterocycles. The van der Waals surface area contributed by atoms with E-state index in [1.807, 2.05) is 69.3 Å². The van der Waals surface area contributed by atoms with E-state index >= 15 is 0 Å². The third-order valence-corrected chi connectivity index (χ3v) is 8.38. The fraction of sp³-hybridized carbons (Fsp3) is 0.469. The Morgan fingerprint density at radius 1 is 1.12 bits per heavy atom. The molecule has 2 aromatic carbocycles. The van der Waals surface area contributed by atoms with Gasteiger partial charge in [-0.15, -0.1) is 0 Å². The number of nitrogens with one attached hydrogen (secondary N) is 2. The second-order valence-electron chi connectivity index (χ2n) is 12.6. The van der Waals surface area contributed by atoms with Crippen LogP contribution in [0, 0.1) is 18.3 Å². The van der Waals surface area contributed by atoms with Gasteiger partial charge in [0.15, 0.2) is 0 Å². The van der Waals surface area contributed by atoms with Crippen molar-refractivity contribution in [2.75, 3.05) is 6.54 Å². The number of β-amino-alcohol motifs (C(OH)–C–C–N with tert-alkyl or cyclic N) is 1. The third-order valence-electron chi connectivity index (χ3n) is 8.38. The average molecular weight is 589 g/mol. The number of benzene rings is 2. The number of likely N-dealkylation sites (tertiary alicyclic amines) is 1. The average Bonchev–Trinajstić information content (AvgIpc) is 3.59. The number of amides is 3. The molecule has 0 spiro atoms. The molecule has 11 nitrogen and oxygen atoms in total. The Morgan fingerprint density at radius 2 is 1.84 bits per heavy atom. The number of aliphatic hydroxyl groups excluding tert-OH is 1. The van der Waals surface area contributed by atoms with Crippen LogP contribution in [0.5, 0.6) is 0 Å². The van der Waals surface area contributed by atoms with Gasteiger partial charge in [0.2, 0.25) is 29.4 Å². The Morgan fingerprint density at radius 3 is 2.51 bits per heavy atom. The molecular weight excluding hydrogens is 548 g/mol. The van der Waals surface area contributed by atoms with Gasteiger partial charge in [0.05, 0.1) is 12.0 Å². The van der Waals surface area contributed by atoms with E-state index in [2.05, 4.69) is 20.8 Å². The molecule has 3 amide bonds. The number of aryl methyl sites for hydroxylation is 2. The molecule has 3 aromatic rings. The Labute approximate surface area is 251 Å². The summed E-state index contributed by atoms with van der Waals surface area (Å²) in [7, 11) is 0. The predicted molar refractivity (Wildman–Crippen MR) is 159 cm³/mol. The van der Waals surface area contributed by atoms with E-state index in [1.54, 1.807) is 6.92 Å². The number of hydrogen-bond donors (Lipinski definition) is 4. The van der Waals surface area contributed by atoms with Crippen LogP contribution in [0.4, 0.5) is 0 Å². The second kappa shape index (κ2) is 12.3. The Bertz CT molecular complexity index is 1480. The number of nitrogens with two attached hydrogens (primary N) is 1. The van der Waals surface area contributed by atoms with Crippen LogP contribution in [-0.4, -0.2) is 62.6 Å². The highest BCUT2D eigenvalue weighted by atomic mass is 16.5. The molecule has 43 heavy (non-hydrogen) atoms. The molecule has 1 aliphatic carbocycles. The highest BCUT2D eigenvalue weighted by Crippen LogP contribution is 2.34. The number of fused-ring (bicyclic) bond motifs is 1. The monoisotopic (exact) mass is 588 g/mol. The maximum absolute atomic E-state index is 14.0. The predicted octanol–water partition coefficient (Wildman–Crippen LogP) is 2.42. The zero-order valence-corrected chi connectivity index (χ0v) is 25.0. The molecule has 5 rings (SSSR count). The SMILES string of the molecule is Cc1nc(-c2ccc(CNC(=O)[C@@H]3C[C@@H](O)CN3C(=O)[C@@H](NC(=O)[C@@H]3CCc4ccccc4[C@@H]3N)C(C)(C)C)cc2)no1. The first-order valence-corrected chi connectivity index (χ1v) is 14.7. The highest BCUT2D eigenvalue weighted by molar-refractivity contribution is 5.93. The minimum absolute atomic E-state index is 0.00843. The van der Waals surface area contributed by atoms with Crippen molar-refractivity contribution in [1.82, 2.24) is 25.7 Å². The lowest BCUT2D eigenvalue weighted by atomic mass is 9.79. The molecule has 0 radical (unpaired) electrons. The van der Waals surface area contributed by atoms with E-state index in [0.717, 1.165) is 28.7 Å². The Kier molecular flexibility index (Phi) is 8.66. The van der Waals surface area contributed by atoms with Gasteiger partial charge in [-0.1, -0.05) is 74.5 Å². The zero-order chi connectivity index (χ0) is 30.9. The van der Waals surface area contributed by atoms with Gasteiger partial charge < -0.3 is 30.9 Å². The molecule has 0 unspecified atom stereocenters. The van der Waals surface area contributed by atoms with Crippen LogP contribution in [0.3, 0.4) is 0 Å². The van der Waals surface area contributed by atoms with Crippen molar-refractivity contribution in [3.05, 3.63) is 71.1 Å². The highest BCUT2D eigenvalue weighted by Gasteiger charge is 2.45. The summed E-state index contributed by atoms with van der Waals surface area (Å²) in [4.78, 5) is 46.4. The first kappa shape index (κ1) is 30.4. The largest absolute Gasteiger partial charge is 0.391 e. The number of hydrogen-bond acceptors (Lipinski definition) is 8. The summed E-state index contributed by atoms with van der Waals surface area (Å²) in [5, 5.41) is 20.3. The van der Waals surface area contributed by atoms with Crippen LogP contribution >= 0.6 is 0 Å². The lowest BCUT2D eigenvalue weighted by Gasteiger charge is -2.37. The Balaban J connectivity index is 1.25. The van der Waals surface area contributed by atoms with Crippen molar-refractivity contribution < 1.29 is 24.0 Å². The second-order valence-corrected chi connectivity index (χ2v) is 12.6. The van der Waals surface area contributed by atoms with Gasteiger partial charge in [-0.25, -0.2) is 0 Å². The molecule has 5 atom stereocenters. The first-order chi connectivity index (χ1) is 20.4. The quantitative estimate of drug-likeness (QED) is 0.327. The van der Waals surface area contributed by atoms with Gasteiger partial charge in [-0.3, -0.25) is 14.4 Å². The molecular formula is C32H40N6O5. The number of carbonyl (C=O) groups is 3. The minimum atomic E-state index is -0.911. The Hall–Kier alpha value is -4.09. The summed E-state index contributed by atoms with van der Waals surface area (Å²) >= 11 is 0. The number of carbonyl (C=O) groups excluding carboxylic acids is 3. The first-order valence-electron chi connectivity index (χ1n) is 14.7. The number of rotatable bonds is 7. The van der Waals surface area contributed by atoms with Crippen molar-refractivity contribution in [3.8, 4) is 11.4 Å². The van der Waals surface area contributed by atoms with Gasteiger partial charge in [-0.05, 0) is 34.9 Å². The van der Waals surface area contributed by atoms with Gasteiger partial charge in [0.1, 0.15) is 12.1 Å². The molecule has 1 aliphatic heterocycles. The molecule has 228 valence electrons. The minimum Gasteiger partial charge on any atom is -0.391 e. The molecule has 2 aliphatic rings. The molecule has 5 N–H and O–H groups in total. The smallest absolute Gasteiger partial charge is 0.246 e. The lowest BCUT2D eigenvalue weighted by molar-refractivity contribution is -0.144. The van der Waals surface area contributed by atoms with Crippen LogP contribution in [0.25, 0.3) is 11.4 Å². The van der Waals surface area contributed by atoms with Crippen LogP contribution < -0.4 is 16.4 Å². The van der Waals surface area contributed by atoms with Crippen molar-refractivity contribution in [3.63, 3.8) is 0 Å². The fourth-order valence-electron chi connectivity index (χ4n) is 5.95. The molecule has 0 saturated carbocycles. The summed E-state index contributed by atoms with van der Waals surface area (Å²) in [5.41, 5.74) is 9.59.